The summed E-state index contributed by atoms with van der Waals surface area (Å²) in [5.74, 6) is 0.864. The number of anilines is 1. The van der Waals surface area contributed by atoms with Crippen LogP contribution in [0.4, 0.5) is 5.82 Å². The van der Waals surface area contributed by atoms with Gasteiger partial charge in [0.15, 0.2) is 5.82 Å². The van der Waals surface area contributed by atoms with Crippen molar-refractivity contribution in [3.05, 3.63) is 18.3 Å². The molecule has 14 heavy (non-hydrogen) atoms. The first-order chi connectivity index (χ1) is 6.75. The first-order valence-electron chi connectivity index (χ1n) is 3.80. The van der Waals surface area contributed by atoms with Gasteiger partial charge >= 0.3 is 0 Å². The molecule has 0 atom stereocenters. The number of nitrogen functional groups attached to an aromatic ring is 1. The summed E-state index contributed by atoms with van der Waals surface area (Å²) in [4.78, 5) is 7.92. The number of aromatic nitrogens is 4. The molecule has 2 heterocycles. The molecule has 6 nitrogen and oxygen atoms in total. The number of nitrogens with zero attached hydrogens (tertiary/aromatic N) is 4. The van der Waals surface area contributed by atoms with E-state index < -0.39 is 0 Å². The summed E-state index contributed by atoms with van der Waals surface area (Å²) < 4.78 is 5.16. The van der Waals surface area contributed by atoms with E-state index in [0.29, 0.717) is 22.0 Å². The summed E-state index contributed by atoms with van der Waals surface area (Å²) in [6.07, 6.45) is 3.08. The monoisotopic (exact) mass is 209 g/mol. The van der Waals surface area contributed by atoms with Crippen LogP contribution in [0.5, 0.6) is 0 Å². The second kappa shape index (κ2) is 3.62. The molecule has 2 aromatic heterocycles. The van der Waals surface area contributed by atoms with Gasteiger partial charge in [0.05, 0.1) is 0 Å². The molecule has 0 aromatic carbocycles. The lowest BCUT2D eigenvalue weighted by Gasteiger charge is -1.97. The van der Waals surface area contributed by atoms with Crippen molar-refractivity contribution >= 4 is 17.6 Å². The summed E-state index contributed by atoms with van der Waals surface area (Å²) in [5, 5.41) is 8.47. The standard InChI is InChI=1S/C7H7N5OS/c1-4-11-12-7(13-4)14-6-5(8)9-2-3-10-6/h2-3H,1H3,(H2,8,9). The highest BCUT2D eigenvalue weighted by atomic mass is 32.2. The number of hydrogen-bond donors (Lipinski definition) is 1. The third-order valence-electron chi connectivity index (χ3n) is 1.38. The first-order valence-corrected chi connectivity index (χ1v) is 4.62. The largest absolute Gasteiger partial charge is 0.416 e. The van der Waals surface area contributed by atoms with E-state index in [0.717, 1.165) is 0 Å². The quantitative estimate of drug-likeness (QED) is 0.785. The fraction of sp³-hybridized carbons (Fsp3) is 0.143. The Balaban J connectivity index is 2.23. The van der Waals surface area contributed by atoms with E-state index in [4.69, 9.17) is 10.2 Å². The van der Waals surface area contributed by atoms with Gasteiger partial charge in [0, 0.05) is 19.3 Å². The minimum absolute atomic E-state index is 0.355. The van der Waals surface area contributed by atoms with Gasteiger partial charge < -0.3 is 10.2 Å². The Morgan fingerprint density at radius 2 is 2.07 bits per heavy atom. The molecule has 0 saturated heterocycles. The van der Waals surface area contributed by atoms with E-state index in [9.17, 15) is 0 Å². The van der Waals surface area contributed by atoms with E-state index in [-0.39, 0.29) is 0 Å². The van der Waals surface area contributed by atoms with E-state index in [2.05, 4.69) is 20.2 Å². The average Bonchev–Trinajstić information content (AvgIpc) is 2.56. The highest BCUT2D eigenvalue weighted by Gasteiger charge is 2.08. The topological polar surface area (TPSA) is 90.7 Å². The Morgan fingerprint density at radius 3 is 2.71 bits per heavy atom. The zero-order valence-corrected chi connectivity index (χ0v) is 8.15. The minimum atomic E-state index is 0.355. The van der Waals surface area contributed by atoms with Crippen LogP contribution in [0.1, 0.15) is 5.89 Å². The zero-order valence-electron chi connectivity index (χ0n) is 7.34. The van der Waals surface area contributed by atoms with Gasteiger partial charge in [0.2, 0.25) is 5.89 Å². The molecule has 0 unspecified atom stereocenters. The van der Waals surface area contributed by atoms with Crippen molar-refractivity contribution in [2.24, 2.45) is 0 Å². The van der Waals surface area contributed by atoms with Crippen molar-refractivity contribution in [3.63, 3.8) is 0 Å². The molecule has 0 aliphatic heterocycles. The van der Waals surface area contributed by atoms with Crippen LogP contribution >= 0.6 is 11.8 Å². The molecule has 2 aromatic rings. The van der Waals surface area contributed by atoms with E-state index in [1.54, 1.807) is 13.1 Å². The SMILES string of the molecule is Cc1nnc(Sc2nccnc2N)o1. The Labute approximate surface area is 84.0 Å². The Morgan fingerprint density at radius 1 is 1.29 bits per heavy atom. The van der Waals surface area contributed by atoms with Crippen LogP contribution in [0.2, 0.25) is 0 Å². The van der Waals surface area contributed by atoms with Crippen LogP contribution in [-0.4, -0.2) is 20.2 Å². The molecule has 0 radical (unpaired) electrons. The lowest BCUT2D eigenvalue weighted by atomic mass is 10.7. The maximum Gasteiger partial charge on any atom is 0.283 e. The molecule has 0 aliphatic rings. The Kier molecular flexibility index (Phi) is 2.32. The second-order valence-corrected chi connectivity index (χ2v) is 3.38. The predicted molar refractivity (Wildman–Crippen MR) is 49.6 cm³/mol. The molecule has 72 valence electrons. The van der Waals surface area contributed by atoms with E-state index >= 15 is 0 Å². The van der Waals surface area contributed by atoms with Gasteiger partial charge in [-0.2, -0.15) is 0 Å². The fourth-order valence-corrected chi connectivity index (χ4v) is 1.50. The van der Waals surface area contributed by atoms with Crippen LogP contribution in [0.3, 0.4) is 0 Å². The highest BCUT2D eigenvalue weighted by molar-refractivity contribution is 7.99. The third kappa shape index (κ3) is 1.82. The molecule has 0 amide bonds. The van der Waals surface area contributed by atoms with Gasteiger partial charge in [-0.3, -0.25) is 0 Å². The highest BCUT2D eigenvalue weighted by Crippen LogP contribution is 2.27. The molecule has 0 spiro atoms. The molecule has 7 heteroatoms. The van der Waals surface area contributed by atoms with E-state index in [1.807, 2.05) is 0 Å². The maximum atomic E-state index is 5.59. The van der Waals surface area contributed by atoms with Crippen LogP contribution < -0.4 is 5.73 Å². The van der Waals surface area contributed by atoms with Crippen molar-refractivity contribution < 1.29 is 4.42 Å². The molecular formula is C7H7N5OS. The lowest BCUT2D eigenvalue weighted by Crippen LogP contribution is -1.94. The second-order valence-electron chi connectivity index (χ2n) is 2.44. The summed E-state index contributed by atoms with van der Waals surface area (Å²) in [6, 6.07) is 0. The molecular weight excluding hydrogens is 202 g/mol. The molecule has 2 rings (SSSR count). The Bertz CT molecular complexity index is 443. The van der Waals surface area contributed by atoms with Crippen molar-refractivity contribution in [1.82, 2.24) is 20.2 Å². The Hall–Kier alpha value is -1.63. The summed E-state index contributed by atoms with van der Waals surface area (Å²) >= 11 is 1.20. The number of nitrogens with two attached hydrogens (primary N) is 1. The summed E-state index contributed by atoms with van der Waals surface area (Å²) in [7, 11) is 0. The van der Waals surface area contributed by atoms with Gasteiger partial charge in [0.1, 0.15) is 5.03 Å². The normalized spacial score (nSPS) is 10.4. The summed E-state index contributed by atoms with van der Waals surface area (Å²) in [5.41, 5.74) is 5.59. The van der Waals surface area contributed by atoms with Gasteiger partial charge in [-0.1, -0.05) is 0 Å². The van der Waals surface area contributed by atoms with Crippen LogP contribution in [-0.2, 0) is 0 Å². The van der Waals surface area contributed by atoms with Crippen LogP contribution in [0.15, 0.2) is 27.1 Å². The smallest absolute Gasteiger partial charge is 0.283 e. The molecule has 0 saturated carbocycles. The number of aryl methyl sites for hydroxylation is 1. The minimum Gasteiger partial charge on any atom is -0.416 e. The molecule has 0 fully saturated rings. The number of hydrogen-bond acceptors (Lipinski definition) is 7. The zero-order chi connectivity index (χ0) is 9.97. The van der Waals surface area contributed by atoms with Gasteiger partial charge in [-0.25, -0.2) is 9.97 Å². The lowest BCUT2D eigenvalue weighted by molar-refractivity contribution is 0.429. The summed E-state index contributed by atoms with van der Waals surface area (Å²) in [6.45, 7) is 1.72. The average molecular weight is 209 g/mol. The predicted octanol–water partition coefficient (Wildman–Crippen LogP) is 0.901. The maximum absolute atomic E-state index is 5.59. The first kappa shape index (κ1) is 8.95. The third-order valence-corrected chi connectivity index (χ3v) is 2.23. The fourth-order valence-electron chi connectivity index (χ4n) is 0.817. The van der Waals surface area contributed by atoms with Crippen molar-refractivity contribution in [2.75, 3.05) is 5.73 Å². The van der Waals surface area contributed by atoms with Crippen molar-refractivity contribution in [3.8, 4) is 0 Å². The van der Waals surface area contributed by atoms with Crippen LogP contribution in [0.25, 0.3) is 0 Å². The van der Waals surface area contributed by atoms with E-state index in [1.165, 1.54) is 18.0 Å². The van der Waals surface area contributed by atoms with Gasteiger partial charge in [-0.05, 0) is 11.8 Å². The van der Waals surface area contributed by atoms with Crippen LogP contribution in [0, 0.1) is 6.92 Å². The van der Waals surface area contributed by atoms with Gasteiger partial charge in [0.25, 0.3) is 5.22 Å². The number of rotatable bonds is 2. The molecule has 0 bridgehead atoms. The van der Waals surface area contributed by atoms with Gasteiger partial charge in [-0.15, -0.1) is 10.2 Å². The van der Waals surface area contributed by atoms with Crippen molar-refractivity contribution in [2.45, 2.75) is 17.2 Å². The van der Waals surface area contributed by atoms with Crippen molar-refractivity contribution in [1.29, 1.82) is 0 Å². The molecule has 0 aliphatic carbocycles. The molecule has 2 N–H and O–H groups in total.